The van der Waals surface area contributed by atoms with E-state index in [1.807, 2.05) is 6.92 Å². The van der Waals surface area contributed by atoms with Crippen molar-refractivity contribution in [2.45, 2.75) is 13.0 Å². The van der Waals surface area contributed by atoms with Gasteiger partial charge in [-0.2, -0.15) is 0 Å². The summed E-state index contributed by atoms with van der Waals surface area (Å²) >= 11 is 5.48. The maximum Gasteiger partial charge on any atom is 0.193 e. The van der Waals surface area contributed by atoms with Gasteiger partial charge >= 0.3 is 0 Å². The Balaban J connectivity index is 2.85. The molecule has 0 saturated heterocycles. The predicted octanol–water partition coefficient (Wildman–Crippen LogP) is 1.95. The standard InChI is InChI=1S/C6H8ClNO/c1-4(8)5-2-3-6(7)9-5/h2-4H,8H2,1H3/t4-/m1/s1. The van der Waals surface area contributed by atoms with Crippen LogP contribution in [-0.4, -0.2) is 0 Å². The summed E-state index contributed by atoms with van der Waals surface area (Å²) < 4.78 is 4.99. The highest BCUT2D eigenvalue weighted by Crippen LogP contribution is 2.17. The van der Waals surface area contributed by atoms with Gasteiger partial charge < -0.3 is 10.2 Å². The molecule has 2 nitrogen and oxygen atoms in total. The van der Waals surface area contributed by atoms with Gasteiger partial charge in [0, 0.05) is 0 Å². The molecule has 0 amide bonds. The maximum absolute atomic E-state index is 5.48. The van der Waals surface area contributed by atoms with Gasteiger partial charge in [-0.05, 0) is 30.7 Å². The molecule has 0 radical (unpaired) electrons. The van der Waals surface area contributed by atoms with Crippen molar-refractivity contribution in [1.82, 2.24) is 0 Å². The van der Waals surface area contributed by atoms with Crippen LogP contribution in [-0.2, 0) is 0 Å². The van der Waals surface area contributed by atoms with E-state index in [-0.39, 0.29) is 6.04 Å². The Hall–Kier alpha value is -0.470. The quantitative estimate of drug-likeness (QED) is 0.656. The molecule has 1 rings (SSSR count). The number of halogens is 1. The zero-order valence-electron chi connectivity index (χ0n) is 5.10. The lowest BCUT2D eigenvalue weighted by atomic mass is 10.3. The third-order valence-corrected chi connectivity index (χ3v) is 1.25. The Morgan fingerprint density at radius 2 is 2.33 bits per heavy atom. The van der Waals surface area contributed by atoms with Crippen LogP contribution in [0, 0.1) is 0 Å². The first-order valence-corrected chi connectivity index (χ1v) is 3.09. The second-order valence-electron chi connectivity index (χ2n) is 1.93. The first-order valence-electron chi connectivity index (χ1n) is 2.71. The molecule has 0 saturated carbocycles. The van der Waals surface area contributed by atoms with E-state index in [4.69, 9.17) is 21.8 Å². The van der Waals surface area contributed by atoms with E-state index in [0.717, 1.165) is 5.76 Å². The Kier molecular flexibility index (Phi) is 1.78. The molecular weight excluding hydrogens is 138 g/mol. The monoisotopic (exact) mass is 145 g/mol. The lowest BCUT2D eigenvalue weighted by Crippen LogP contribution is -2.02. The van der Waals surface area contributed by atoms with Crippen molar-refractivity contribution in [2.24, 2.45) is 5.73 Å². The molecule has 0 aliphatic heterocycles. The van der Waals surface area contributed by atoms with E-state index in [2.05, 4.69) is 0 Å². The molecule has 1 atom stereocenters. The summed E-state index contributed by atoms with van der Waals surface area (Å²) in [4.78, 5) is 0. The summed E-state index contributed by atoms with van der Waals surface area (Å²) in [5, 5.41) is 0.391. The molecule has 0 spiro atoms. The second-order valence-corrected chi connectivity index (χ2v) is 2.30. The van der Waals surface area contributed by atoms with Gasteiger partial charge in [-0.3, -0.25) is 0 Å². The lowest BCUT2D eigenvalue weighted by molar-refractivity contribution is 0.481. The van der Waals surface area contributed by atoms with Crippen LogP contribution >= 0.6 is 11.6 Å². The fourth-order valence-electron chi connectivity index (χ4n) is 0.573. The average molecular weight is 146 g/mol. The Labute approximate surface area is 58.6 Å². The largest absolute Gasteiger partial charge is 0.448 e. The predicted molar refractivity (Wildman–Crippen MR) is 36.3 cm³/mol. The normalized spacial score (nSPS) is 13.7. The molecule has 3 heteroatoms. The number of nitrogens with two attached hydrogens (primary N) is 1. The molecule has 1 aromatic heterocycles. The van der Waals surface area contributed by atoms with E-state index >= 15 is 0 Å². The topological polar surface area (TPSA) is 39.2 Å². The second kappa shape index (κ2) is 2.42. The van der Waals surface area contributed by atoms with Crippen LogP contribution < -0.4 is 5.73 Å². The van der Waals surface area contributed by atoms with Crippen LogP contribution in [0.1, 0.15) is 18.7 Å². The lowest BCUT2D eigenvalue weighted by Gasteiger charge is -1.96. The zero-order chi connectivity index (χ0) is 6.85. The zero-order valence-corrected chi connectivity index (χ0v) is 5.85. The van der Waals surface area contributed by atoms with Crippen molar-refractivity contribution in [3.8, 4) is 0 Å². The maximum atomic E-state index is 5.48. The first-order chi connectivity index (χ1) is 4.20. The summed E-state index contributed by atoms with van der Waals surface area (Å²) in [5.74, 6) is 0.722. The molecule has 1 aromatic rings. The summed E-state index contributed by atoms with van der Waals surface area (Å²) in [6.45, 7) is 1.84. The Morgan fingerprint density at radius 3 is 2.56 bits per heavy atom. The summed E-state index contributed by atoms with van der Waals surface area (Å²) in [7, 11) is 0. The van der Waals surface area contributed by atoms with Crippen LogP contribution in [0.3, 0.4) is 0 Å². The minimum absolute atomic E-state index is 0.0718. The summed E-state index contributed by atoms with van der Waals surface area (Å²) in [6.07, 6.45) is 0. The number of hydrogen-bond donors (Lipinski definition) is 1. The third kappa shape index (κ3) is 1.47. The van der Waals surface area contributed by atoms with E-state index in [9.17, 15) is 0 Å². The van der Waals surface area contributed by atoms with E-state index in [1.165, 1.54) is 0 Å². The van der Waals surface area contributed by atoms with Crippen LogP contribution in [0.15, 0.2) is 16.5 Å². The van der Waals surface area contributed by atoms with Crippen molar-refractivity contribution in [3.63, 3.8) is 0 Å². The highest BCUT2D eigenvalue weighted by Gasteiger charge is 2.02. The molecular formula is C6H8ClNO. The van der Waals surface area contributed by atoms with Crippen molar-refractivity contribution in [3.05, 3.63) is 23.1 Å². The molecule has 1 heterocycles. The molecule has 50 valence electrons. The van der Waals surface area contributed by atoms with Gasteiger partial charge in [-0.25, -0.2) is 0 Å². The van der Waals surface area contributed by atoms with Crippen molar-refractivity contribution < 1.29 is 4.42 Å². The van der Waals surface area contributed by atoms with E-state index in [0.29, 0.717) is 5.22 Å². The first kappa shape index (κ1) is 6.65. The molecule has 0 fully saturated rings. The number of furan rings is 1. The molecule has 0 unspecified atom stereocenters. The Morgan fingerprint density at radius 1 is 1.67 bits per heavy atom. The van der Waals surface area contributed by atoms with Gasteiger partial charge in [0.25, 0.3) is 0 Å². The average Bonchev–Trinajstić information content (AvgIpc) is 2.14. The highest BCUT2D eigenvalue weighted by molar-refractivity contribution is 6.28. The van der Waals surface area contributed by atoms with Crippen LogP contribution in [0.5, 0.6) is 0 Å². The number of hydrogen-bond acceptors (Lipinski definition) is 2. The van der Waals surface area contributed by atoms with Gasteiger partial charge in [0.1, 0.15) is 5.76 Å². The van der Waals surface area contributed by atoms with Crippen molar-refractivity contribution >= 4 is 11.6 Å². The van der Waals surface area contributed by atoms with Crippen LogP contribution in [0.2, 0.25) is 5.22 Å². The Bertz CT molecular complexity index is 195. The molecule has 0 aliphatic rings. The highest BCUT2D eigenvalue weighted by atomic mass is 35.5. The van der Waals surface area contributed by atoms with Crippen LogP contribution in [0.4, 0.5) is 0 Å². The number of rotatable bonds is 1. The van der Waals surface area contributed by atoms with Crippen LogP contribution in [0.25, 0.3) is 0 Å². The SMILES string of the molecule is C[C@@H](N)c1ccc(Cl)o1. The minimum Gasteiger partial charge on any atom is -0.448 e. The van der Waals surface area contributed by atoms with Gasteiger partial charge in [0.05, 0.1) is 6.04 Å². The molecule has 9 heavy (non-hydrogen) atoms. The minimum atomic E-state index is -0.0718. The van der Waals surface area contributed by atoms with Crippen molar-refractivity contribution in [1.29, 1.82) is 0 Å². The van der Waals surface area contributed by atoms with Gasteiger partial charge in [-0.15, -0.1) is 0 Å². The van der Waals surface area contributed by atoms with Gasteiger partial charge in [-0.1, -0.05) is 0 Å². The summed E-state index contributed by atoms with van der Waals surface area (Å²) in [6, 6.07) is 3.38. The molecule has 0 bridgehead atoms. The molecule has 2 N–H and O–H groups in total. The summed E-state index contributed by atoms with van der Waals surface area (Å²) in [5.41, 5.74) is 5.47. The fourth-order valence-corrected chi connectivity index (χ4v) is 0.725. The smallest absolute Gasteiger partial charge is 0.193 e. The van der Waals surface area contributed by atoms with E-state index < -0.39 is 0 Å². The van der Waals surface area contributed by atoms with E-state index in [1.54, 1.807) is 12.1 Å². The van der Waals surface area contributed by atoms with Crippen molar-refractivity contribution in [2.75, 3.05) is 0 Å². The van der Waals surface area contributed by atoms with Gasteiger partial charge in [0.15, 0.2) is 5.22 Å². The third-order valence-electron chi connectivity index (χ3n) is 1.04. The molecule has 0 aromatic carbocycles. The van der Waals surface area contributed by atoms with Gasteiger partial charge in [0.2, 0.25) is 0 Å². The fraction of sp³-hybridized carbons (Fsp3) is 0.333. The molecule has 0 aliphatic carbocycles.